The maximum absolute atomic E-state index is 6.45. The zero-order valence-electron chi connectivity index (χ0n) is 9.86. The Kier molecular flexibility index (Phi) is 2.61. The molecule has 2 heteroatoms. The summed E-state index contributed by atoms with van der Waals surface area (Å²) in [7, 11) is 0. The first-order valence-corrected chi connectivity index (χ1v) is 6.14. The van der Waals surface area contributed by atoms with Gasteiger partial charge in [-0.05, 0) is 35.2 Å². The molecule has 0 saturated carbocycles. The molecule has 0 aliphatic carbocycles. The van der Waals surface area contributed by atoms with Crippen molar-refractivity contribution in [3.05, 3.63) is 48.0 Å². The predicted octanol–water partition coefficient (Wildman–Crippen LogP) is 2.80. The third-order valence-electron chi connectivity index (χ3n) is 3.60. The fourth-order valence-electron chi connectivity index (χ4n) is 2.54. The minimum Gasteiger partial charge on any atom is -0.379 e. The molecular formula is C15H17NO. The Hall–Kier alpha value is -1.38. The summed E-state index contributed by atoms with van der Waals surface area (Å²) in [5, 5.41) is 2.51. The average molecular weight is 227 g/mol. The van der Waals surface area contributed by atoms with Crippen LogP contribution < -0.4 is 5.73 Å². The molecule has 2 aromatic rings. The summed E-state index contributed by atoms with van der Waals surface area (Å²) in [5.41, 5.74) is 7.33. The van der Waals surface area contributed by atoms with Gasteiger partial charge in [0.2, 0.25) is 0 Å². The standard InChI is InChI=1S/C15H17NO/c16-15(8-3-9-17-11-15)14-7-6-12-4-1-2-5-13(12)10-14/h1-2,4-7,10H,3,8-9,11,16H2. The molecule has 2 nitrogen and oxygen atoms in total. The van der Waals surface area contributed by atoms with Gasteiger partial charge in [0, 0.05) is 6.61 Å². The van der Waals surface area contributed by atoms with Crippen LogP contribution >= 0.6 is 0 Å². The molecule has 1 saturated heterocycles. The summed E-state index contributed by atoms with van der Waals surface area (Å²) in [6, 6.07) is 14.9. The van der Waals surface area contributed by atoms with Gasteiger partial charge in [0.1, 0.15) is 0 Å². The highest BCUT2D eigenvalue weighted by Crippen LogP contribution is 2.29. The van der Waals surface area contributed by atoms with E-state index in [0.717, 1.165) is 19.4 Å². The van der Waals surface area contributed by atoms with Crippen LogP contribution in [0.1, 0.15) is 18.4 Å². The normalized spacial score (nSPS) is 25.0. The first kappa shape index (κ1) is 10.8. The zero-order valence-corrected chi connectivity index (χ0v) is 9.86. The highest BCUT2D eigenvalue weighted by atomic mass is 16.5. The van der Waals surface area contributed by atoms with Crippen LogP contribution in [0, 0.1) is 0 Å². The molecule has 17 heavy (non-hydrogen) atoms. The molecule has 0 spiro atoms. The smallest absolute Gasteiger partial charge is 0.0688 e. The van der Waals surface area contributed by atoms with Crippen molar-refractivity contribution < 1.29 is 4.74 Å². The largest absolute Gasteiger partial charge is 0.379 e. The van der Waals surface area contributed by atoms with Gasteiger partial charge in [-0.15, -0.1) is 0 Å². The summed E-state index contributed by atoms with van der Waals surface area (Å²) in [5.74, 6) is 0. The van der Waals surface area contributed by atoms with Crippen molar-refractivity contribution in [2.75, 3.05) is 13.2 Å². The van der Waals surface area contributed by atoms with Crippen LogP contribution in [-0.4, -0.2) is 13.2 Å². The number of hydrogen-bond acceptors (Lipinski definition) is 2. The minimum atomic E-state index is -0.303. The van der Waals surface area contributed by atoms with Gasteiger partial charge in [0.05, 0.1) is 12.1 Å². The highest BCUT2D eigenvalue weighted by molar-refractivity contribution is 5.83. The Balaban J connectivity index is 2.05. The van der Waals surface area contributed by atoms with Crippen molar-refractivity contribution in [2.24, 2.45) is 5.73 Å². The van der Waals surface area contributed by atoms with Crippen LogP contribution in [0.2, 0.25) is 0 Å². The molecule has 88 valence electrons. The monoisotopic (exact) mass is 227 g/mol. The van der Waals surface area contributed by atoms with Crippen LogP contribution in [0.25, 0.3) is 10.8 Å². The van der Waals surface area contributed by atoms with Crippen molar-refractivity contribution in [1.29, 1.82) is 0 Å². The number of benzene rings is 2. The summed E-state index contributed by atoms with van der Waals surface area (Å²) in [6.07, 6.45) is 2.05. The quantitative estimate of drug-likeness (QED) is 0.813. The minimum absolute atomic E-state index is 0.303. The van der Waals surface area contributed by atoms with Crippen molar-refractivity contribution in [3.8, 4) is 0 Å². The highest BCUT2D eigenvalue weighted by Gasteiger charge is 2.30. The van der Waals surface area contributed by atoms with E-state index in [4.69, 9.17) is 10.5 Å². The lowest BCUT2D eigenvalue weighted by atomic mass is 9.85. The van der Waals surface area contributed by atoms with Gasteiger partial charge in [-0.25, -0.2) is 0 Å². The molecule has 1 unspecified atom stereocenters. The summed E-state index contributed by atoms with van der Waals surface area (Å²) < 4.78 is 5.53. The molecule has 1 heterocycles. The topological polar surface area (TPSA) is 35.2 Å². The van der Waals surface area contributed by atoms with Gasteiger partial charge < -0.3 is 10.5 Å². The molecule has 1 aliphatic rings. The maximum atomic E-state index is 6.45. The van der Waals surface area contributed by atoms with Gasteiger partial charge in [-0.1, -0.05) is 36.4 Å². The second-order valence-corrected chi connectivity index (χ2v) is 4.87. The van der Waals surface area contributed by atoms with Crippen molar-refractivity contribution >= 4 is 10.8 Å². The zero-order chi connectivity index (χ0) is 11.7. The Morgan fingerprint density at radius 3 is 2.65 bits per heavy atom. The Bertz CT molecular complexity index is 529. The molecule has 2 aromatic carbocycles. The number of rotatable bonds is 1. The molecule has 0 radical (unpaired) electrons. The van der Waals surface area contributed by atoms with E-state index in [0.29, 0.717) is 6.61 Å². The second-order valence-electron chi connectivity index (χ2n) is 4.87. The van der Waals surface area contributed by atoms with Crippen molar-refractivity contribution in [2.45, 2.75) is 18.4 Å². The fourth-order valence-corrected chi connectivity index (χ4v) is 2.54. The molecule has 1 aliphatic heterocycles. The fraction of sp³-hybridized carbons (Fsp3) is 0.333. The van der Waals surface area contributed by atoms with Crippen LogP contribution in [0.4, 0.5) is 0 Å². The molecule has 3 rings (SSSR count). The average Bonchev–Trinajstić information content (AvgIpc) is 2.39. The van der Waals surface area contributed by atoms with E-state index in [2.05, 4.69) is 42.5 Å². The first-order valence-electron chi connectivity index (χ1n) is 6.14. The number of ether oxygens (including phenoxy) is 1. The number of fused-ring (bicyclic) bond motifs is 1. The predicted molar refractivity (Wildman–Crippen MR) is 69.9 cm³/mol. The Labute approximate surface area is 101 Å². The van der Waals surface area contributed by atoms with E-state index in [-0.39, 0.29) is 5.54 Å². The summed E-state index contributed by atoms with van der Waals surface area (Å²) in [4.78, 5) is 0. The number of nitrogens with two attached hydrogens (primary N) is 1. The van der Waals surface area contributed by atoms with E-state index >= 15 is 0 Å². The third-order valence-corrected chi connectivity index (χ3v) is 3.60. The lowest BCUT2D eigenvalue weighted by Gasteiger charge is -2.33. The van der Waals surface area contributed by atoms with Crippen LogP contribution in [0.15, 0.2) is 42.5 Å². The molecule has 0 bridgehead atoms. The van der Waals surface area contributed by atoms with Crippen LogP contribution in [0.5, 0.6) is 0 Å². The maximum Gasteiger partial charge on any atom is 0.0688 e. The SMILES string of the molecule is NC1(c2ccc3ccccc3c2)CCCOC1. The van der Waals surface area contributed by atoms with Gasteiger partial charge in [-0.2, -0.15) is 0 Å². The van der Waals surface area contributed by atoms with E-state index in [1.807, 2.05) is 0 Å². The van der Waals surface area contributed by atoms with Gasteiger partial charge >= 0.3 is 0 Å². The molecule has 2 N–H and O–H groups in total. The Morgan fingerprint density at radius 2 is 1.88 bits per heavy atom. The van der Waals surface area contributed by atoms with Gasteiger partial charge in [-0.3, -0.25) is 0 Å². The van der Waals surface area contributed by atoms with Crippen molar-refractivity contribution in [1.82, 2.24) is 0 Å². The number of hydrogen-bond donors (Lipinski definition) is 1. The van der Waals surface area contributed by atoms with E-state index < -0.39 is 0 Å². The summed E-state index contributed by atoms with van der Waals surface area (Å²) in [6.45, 7) is 1.47. The lowest BCUT2D eigenvalue weighted by molar-refractivity contribution is 0.0367. The van der Waals surface area contributed by atoms with Gasteiger partial charge in [0.25, 0.3) is 0 Å². The van der Waals surface area contributed by atoms with Crippen molar-refractivity contribution in [3.63, 3.8) is 0 Å². The molecule has 1 atom stereocenters. The third kappa shape index (κ3) is 1.94. The van der Waals surface area contributed by atoms with Gasteiger partial charge in [0.15, 0.2) is 0 Å². The Morgan fingerprint density at radius 1 is 1.06 bits per heavy atom. The molecule has 0 aromatic heterocycles. The van der Waals surface area contributed by atoms with E-state index in [1.165, 1.54) is 16.3 Å². The first-order chi connectivity index (χ1) is 8.28. The molecule has 0 amide bonds. The van der Waals surface area contributed by atoms with E-state index in [9.17, 15) is 0 Å². The van der Waals surface area contributed by atoms with E-state index in [1.54, 1.807) is 0 Å². The van der Waals surface area contributed by atoms with Crippen LogP contribution in [0.3, 0.4) is 0 Å². The molecule has 1 fully saturated rings. The van der Waals surface area contributed by atoms with Crippen LogP contribution in [-0.2, 0) is 10.3 Å². The lowest BCUT2D eigenvalue weighted by Crippen LogP contribution is -2.44. The second kappa shape index (κ2) is 4.13. The molecular weight excluding hydrogens is 210 g/mol. The summed E-state index contributed by atoms with van der Waals surface area (Å²) >= 11 is 0.